The molecule has 0 aromatic heterocycles. The number of carbonyl (C=O) groups is 2. The first-order chi connectivity index (χ1) is 9.38. The van der Waals surface area contributed by atoms with Gasteiger partial charge in [-0.15, -0.1) is 0 Å². The molecule has 0 spiro atoms. The zero-order chi connectivity index (χ0) is 15.3. The van der Waals surface area contributed by atoms with Gasteiger partial charge in [-0.05, 0) is 19.9 Å². The molecule has 1 atom stereocenters. The monoisotopic (exact) mass is 279 g/mol. The highest BCUT2D eigenvalue weighted by atomic mass is 16.6. The Morgan fingerprint density at radius 2 is 1.80 bits per heavy atom. The number of hydrogen-bond acceptors (Lipinski definition) is 5. The highest BCUT2D eigenvalue weighted by Crippen LogP contribution is 2.33. The summed E-state index contributed by atoms with van der Waals surface area (Å²) in [4.78, 5) is 33.8. The molecule has 0 bridgehead atoms. The van der Waals surface area contributed by atoms with Crippen molar-refractivity contribution in [2.75, 3.05) is 13.7 Å². The van der Waals surface area contributed by atoms with Crippen LogP contribution in [0.1, 0.15) is 25.3 Å². The van der Waals surface area contributed by atoms with Crippen LogP contribution in [0.3, 0.4) is 0 Å². The van der Waals surface area contributed by atoms with Crippen LogP contribution in [0, 0.1) is 16.0 Å². The van der Waals surface area contributed by atoms with Crippen LogP contribution in [0.15, 0.2) is 24.3 Å². The summed E-state index contributed by atoms with van der Waals surface area (Å²) in [5, 5.41) is 10.9. The summed E-state index contributed by atoms with van der Waals surface area (Å²) in [6.45, 7) is 2.05. The third kappa shape index (κ3) is 3.63. The minimum Gasteiger partial charge on any atom is -0.496 e. The minimum atomic E-state index is -1.03. The van der Waals surface area contributed by atoms with E-state index in [2.05, 4.69) is 0 Å². The first-order valence-corrected chi connectivity index (χ1v) is 6.14. The minimum absolute atomic E-state index is 0.379. The number of nitro groups is 1. The molecule has 0 heterocycles. The van der Waals surface area contributed by atoms with E-state index in [1.54, 1.807) is 24.3 Å². The SMILES string of the molecule is COc1ccccc1[C@H](C[N+](=O)[O-])C(C(C)=O)C(C)=O. The zero-order valence-corrected chi connectivity index (χ0v) is 11.7. The summed E-state index contributed by atoms with van der Waals surface area (Å²) in [5.41, 5.74) is 0.502. The molecule has 0 aliphatic rings. The van der Waals surface area contributed by atoms with E-state index in [4.69, 9.17) is 4.74 Å². The van der Waals surface area contributed by atoms with Crippen LogP contribution in [0.25, 0.3) is 0 Å². The predicted octanol–water partition coefficient (Wildman–Crippen LogP) is 1.85. The molecule has 0 aliphatic carbocycles. The largest absolute Gasteiger partial charge is 0.496 e. The summed E-state index contributed by atoms with van der Waals surface area (Å²) in [6.07, 6.45) is 0. The van der Waals surface area contributed by atoms with E-state index in [0.717, 1.165) is 0 Å². The van der Waals surface area contributed by atoms with Crippen molar-refractivity contribution in [3.8, 4) is 5.75 Å². The van der Waals surface area contributed by atoms with E-state index in [0.29, 0.717) is 11.3 Å². The van der Waals surface area contributed by atoms with Crippen LogP contribution in [0.4, 0.5) is 0 Å². The van der Waals surface area contributed by atoms with Gasteiger partial charge < -0.3 is 4.74 Å². The molecule has 0 radical (unpaired) electrons. The molecule has 6 heteroatoms. The van der Waals surface area contributed by atoms with E-state index >= 15 is 0 Å². The van der Waals surface area contributed by atoms with Crippen LogP contribution >= 0.6 is 0 Å². The van der Waals surface area contributed by atoms with Crippen LogP contribution in [0.2, 0.25) is 0 Å². The first kappa shape index (κ1) is 15.8. The molecule has 0 saturated carbocycles. The molecule has 0 N–H and O–H groups in total. The number of Topliss-reactive ketones (excluding diaryl/α,β-unsaturated/α-hetero) is 2. The third-order valence-electron chi connectivity index (χ3n) is 3.16. The van der Waals surface area contributed by atoms with Crippen LogP contribution in [-0.4, -0.2) is 30.1 Å². The van der Waals surface area contributed by atoms with Gasteiger partial charge in [-0.1, -0.05) is 18.2 Å². The lowest BCUT2D eigenvalue weighted by Gasteiger charge is -2.22. The quantitative estimate of drug-likeness (QED) is 0.432. The van der Waals surface area contributed by atoms with Crippen molar-refractivity contribution >= 4 is 11.6 Å². The lowest BCUT2D eigenvalue weighted by atomic mass is 9.81. The summed E-state index contributed by atoms with van der Waals surface area (Å²) in [7, 11) is 1.44. The summed E-state index contributed by atoms with van der Waals surface area (Å²) in [5.74, 6) is -2.18. The normalized spacial score (nSPS) is 12.0. The second-order valence-corrected chi connectivity index (χ2v) is 4.56. The molecule has 0 unspecified atom stereocenters. The van der Waals surface area contributed by atoms with Gasteiger partial charge in [0.15, 0.2) is 0 Å². The highest BCUT2D eigenvalue weighted by Gasteiger charge is 2.36. The second-order valence-electron chi connectivity index (χ2n) is 4.56. The van der Waals surface area contributed by atoms with Crippen molar-refractivity contribution < 1.29 is 19.2 Å². The first-order valence-electron chi connectivity index (χ1n) is 6.14. The highest BCUT2D eigenvalue weighted by molar-refractivity contribution is 6.01. The number of ether oxygens (including phenoxy) is 1. The van der Waals surface area contributed by atoms with Crippen molar-refractivity contribution in [3.63, 3.8) is 0 Å². The fourth-order valence-electron chi connectivity index (χ4n) is 2.37. The van der Waals surface area contributed by atoms with Gasteiger partial charge in [0.2, 0.25) is 6.54 Å². The summed E-state index contributed by atoms with van der Waals surface area (Å²) < 4.78 is 5.17. The van der Waals surface area contributed by atoms with E-state index in [1.807, 2.05) is 0 Å². The molecule has 0 saturated heterocycles. The van der Waals surface area contributed by atoms with Gasteiger partial charge in [-0.3, -0.25) is 19.7 Å². The smallest absolute Gasteiger partial charge is 0.211 e. The van der Waals surface area contributed by atoms with Crippen molar-refractivity contribution in [2.45, 2.75) is 19.8 Å². The Labute approximate surface area is 116 Å². The molecular weight excluding hydrogens is 262 g/mol. The number of hydrogen-bond donors (Lipinski definition) is 0. The Balaban J connectivity index is 3.33. The molecular formula is C14H17NO5. The maximum atomic E-state index is 11.7. The molecule has 20 heavy (non-hydrogen) atoms. The van der Waals surface area contributed by atoms with E-state index in [1.165, 1.54) is 21.0 Å². The Kier molecular flexibility index (Phi) is 5.37. The van der Waals surface area contributed by atoms with Crippen molar-refractivity contribution in [2.24, 2.45) is 5.92 Å². The van der Waals surface area contributed by atoms with E-state index in [9.17, 15) is 19.7 Å². The lowest BCUT2D eigenvalue weighted by Crippen LogP contribution is -2.31. The molecule has 1 aromatic carbocycles. The number of para-hydroxylation sites is 1. The topological polar surface area (TPSA) is 86.5 Å². The maximum Gasteiger partial charge on any atom is 0.211 e. The summed E-state index contributed by atoms with van der Waals surface area (Å²) >= 11 is 0. The van der Waals surface area contributed by atoms with Gasteiger partial charge in [-0.2, -0.15) is 0 Å². The molecule has 1 rings (SSSR count). The molecule has 108 valence electrons. The van der Waals surface area contributed by atoms with Crippen molar-refractivity contribution in [3.05, 3.63) is 39.9 Å². The number of carbonyl (C=O) groups excluding carboxylic acids is 2. The van der Waals surface area contributed by atoms with Gasteiger partial charge in [0.1, 0.15) is 17.3 Å². The van der Waals surface area contributed by atoms with Crippen LogP contribution < -0.4 is 4.74 Å². The second kappa shape index (κ2) is 6.79. The van der Waals surface area contributed by atoms with Gasteiger partial charge in [0.05, 0.1) is 18.9 Å². The van der Waals surface area contributed by atoms with Gasteiger partial charge in [0, 0.05) is 10.5 Å². The van der Waals surface area contributed by atoms with Gasteiger partial charge in [-0.25, -0.2) is 0 Å². The summed E-state index contributed by atoms with van der Waals surface area (Å²) in [6, 6.07) is 6.72. The zero-order valence-electron chi connectivity index (χ0n) is 11.7. The molecule has 0 fully saturated rings. The number of benzene rings is 1. The average Bonchev–Trinajstić information content (AvgIpc) is 2.36. The molecule has 1 aromatic rings. The predicted molar refractivity (Wildman–Crippen MR) is 72.4 cm³/mol. The molecule has 6 nitrogen and oxygen atoms in total. The average molecular weight is 279 g/mol. The number of nitrogens with zero attached hydrogens (tertiary/aromatic N) is 1. The van der Waals surface area contributed by atoms with Crippen LogP contribution in [0.5, 0.6) is 5.75 Å². The fraction of sp³-hybridized carbons (Fsp3) is 0.429. The number of methoxy groups -OCH3 is 1. The lowest BCUT2D eigenvalue weighted by molar-refractivity contribution is -0.484. The Morgan fingerprint density at radius 3 is 2.25 bits per heavy atom. The number of rotatable bonds is 7. The molecule has 0 aliphatic heterocycles. The van der Waals surface area contributed by atoms with Crippen molar-refractivity contribution in [1.82, 2.24) is 0 Å². The van der Waals surface area contributed by atoms with Crippen molar-refractivity contribution in [1.29, 1.82) is 0 Å². The maximum absolute atomic E-state index is 11.7. The van der Waals surface area contributed by atoms with E-state index < -0.39 is 23.3 Å². The standard InChI is InChI=1S/C14H17NO5/c1-9(16)14(10(2)17)12(8-15(18)19)11-6-4-5-7-13(11)20-3/h4-7,12,14H,8H2,1-3H3/t12-/m0/s1. The molecule has 0 amide bonds. The third-order valence-corrected chi connectivity index (χ3v) is 3.16. The fourth-order valence-corrected chi connectivity index (χ4v) is 2.37. The van der Waals surface area contributed by atoms with Crippen LogP contribution in [-0.2, 0) is 9.59 Å². The van der Waals surface area contributed by atoms with Gasteiger partial charge in [0.25, 0.3) is 0 Å². The Morgan fingerprint density at radius 1 is 1.25 bits per heavy atom. The Hall–Kier alpha value is -2.24. The van der Waals surface area contributed by atoms with E-state index in [-0.39, 0.29) is 11.6 Å². The number of ketones is 2. The van der Waals surface area contributed by atoms with Gasteiger partial charge >= 0.3 is 0 Å². The Bertz CT molecular complexity index is 512.